The van der Waals surface area contributed by atoms with Gasteiger partial charge in [0.2, 0.25) is 0 Å². The van der Waals surface area contributed by atoms with Crippen LogP contribution in [-0.4, -0.2) is 44.7 Å². The first-order valence-corrected chi connectivity index (χ1v) is 7.75. The number of hydrogen-bond acceptors (Lipinski definition) is 3. The van der Waals surface area contributed by atoms with Crippen molar-refractivity contribution in [2.45, 2.75) is 33.4 Å². The summed E-state index contributed by atoms with van der Waals surface area (Å²) in [5.74, 6) is -1.97. The second kappa shape index (κ2) is 5.70. The van der Waals surface area contributed by atoms with Crippen LogP contribution in [0.15, 0.2) is 12.1 Å². The molecule has 0 fully saturated rings. The van der Waals surface area contributed by atoms with E-state index in [1.165, 1.54) is 0 Å². The number of likely N-dealkylation sites (N-methyl/N-ethyl adjacent to an activating group) is 1. The molecular formula is C17H20N2O4. The number of aliphatic carboxylic acids is 1. The van der Waals surface area contributed by atoms with Crippen molar-refractivity contribution in [1.29, 1.82) is 0 Å². The summed E-state index contributed by atoms with van der Waals surface area (Å²) in [6, 6.07) is 3.73. The van der Waals surface area contributed by atoms with E-state index < -0.39 is 11.9 Å². The third-order valence-corrected chi connectivity index (χ3v) is 4.66. The van der Waals surface area contributed by atoms with Gasteiger partial charge in [-0.3, -0.25) is 9.69 Å². The molecule has 0 amide bonds. The third kappa shape index (κ3) is 2.49. The molecule has 0 saturated heterocycles. The maximum Gasteiger partial charge on any atom is 0.338 e. The van der Waals surface area contributed by atoms with E-state index in [9.17, 15) is 19.8 Å². The number of aryl methyl sites for hydroxylation is 1. The van der Waals surface area contributed by atoms with Gasteiger partial charge in [-0.2, -0.15) is 0 Å². The zero-order valence-corrected chi connectivity index (χ0v) is 13.3. The van der Waals surface area contributed by atoms with Gasteiger partial charge in [0.1, 0.15) is 6.54 Å². The second-order valence-electron chi connectivity index (χ2n) is 5.98. The average molecular weight is 316 g/mol. The van der Waals surface area contributed by atoms with E-state index in [-0.39, 0.29) is 12.1 Å². The Hall–Kier alpha value is -2.34. The molecule has 0 saturated carbocycles. The lowest BCUT2D eigenvalue weighted by molar-refractivity contribution is -0.137. The second-order valence-corrected chi connectivity index (χ2v) is 5.98. The Bertz CT molecular complexity index is 807. The summed E-state index contributed by atoms with van der Waals surface area (Å²) in [6.07, 6.45) is 0.739. The van der Waals surface area contributed by atoms with Gasteiger partial charge in [0, 0.05) is 30.6 Å². The number of fused-ring (bicyclic) bond motifs is 3. The Labute approximate surface area is 133 Å². The molecule has 0 radical (unpaired) electrons. The van der Waals surface area contributed by atoms with Crippen LogP contribution in [0.1, 0.15) is 34.1 Å². The summed E-state index contributed by atoms with van der Waals surface area (Å²) in [4.78, 5) is 25.3. The Morgan fingerprint density at radius 1 is 1.26 bits per heavy atom. The van der Waals surface area contributed by atoms with Gasteiger partial charge in [-0.25, -0.2) is 4.79 Å². The molecule has 2 N–H and O–H groups in total. The number of benzene rings is 1. The van der Waals surface area contributed by atoms with Crippen LogP contribution in [0.4, 0.5) is 0 Å². The molecule has 2 heterocycles. The number of hydrogen-bond donors (Lipinski definition) is 2. The van der Waals surface area contributed by atoms with E-state index in [1.807, 2.05) is 12.1 Å². The number of carboxylic acid groups (broad SMARTS) is 2. The quantitative estimate of drug-likeness (QED) is 0.902. The zero-order valence-electron chi connectivity index (χ0n) is 13.3. The minimum atomic E-state index is -1.01. The first kappa shape index (κ1) is 15.6. The van der Waals surface area contributed by atoms with Gasteiger partial charge < -0.3 is 14.8 Å². The molecule has 1 aromatic heterocycles. The summed E-state index contributed by atoms with van der Waals surface area (Å²) in [6.45, 7) is 6.15. The van der Waals surface area contributed by atoms with E-state index >= 15 is 0 Å². The van der Waals surface area contributed by atoms with E-state index in [0.29, 0.717) is 11.1 Å². The van der Waals surface area contributed by atoms with Crippen molar-refractivity contribution in [2.75, 3.05) is 13.1 Å². The Morgan fingerprint density at radius 3 is 2.61 bits per heavy atom. The molecule has 0 bridgehead atoms. The van der Waals surface area contributed by atoms with Crippen molar-refractivity contribution < 1.29 is 19.8 Å². The summed E-state index contributed by atoms with van der Waals surface area (Å²) in [5.41, 5.74) is 3.43. The molecular weight excluding hydrogens is 296 g/mol. The molecule has 0 aliphatic carbocycles. The summed E-state index contributed by atoms with van der Waals surface area (Å²) >= 11 is 0. The fourth-order valence-electron chi connectivity index (χ4n) is 3.55. The maximum atomic E-state index is 11.7. The van der Waals surface area contributed by atoms with Crippen LogP contribution >= 0.6 is 0 Å². The lowest BCUT2D eigenvalue weighted by atomic mass is 10.0. The highest BCUT2D eigenvalue weighted by atomic mass is 16.4. The highest BCUT2D eigenvalue weighted by Crippen LogP contribution is 2.34. The van der Waals surface area contributed by atoms with Crippen molar-refractivity contribution in [1.82, 2.24) is 9.47 Å². The van der Waals surface area contributed by atoms with E-state index in [4.69, 9.17) is 0 Å². The summed E-state index contributed by atoms with van der Waals surface area (Å²) in [7, 11) is 0. The predicted octanol–water partition coefficient (Wildman–Crippen LogP) is 2.11. The lowest BCUT2D eigenvalue weighted by Crippen LogP contribution is -2.31. The van der Waals surface area contributed by atoms with E-state index in [1.54, 1.807) is 11.5 Å². The highest BCUT2D eigenvalue weighted by molar-refractivity contribution is 6.05. The largest absolute Gasteiger partial charge is 0.480 e. The molecule has 6 heteroatoms. The average Bonchev–Trinajstić information content (AvgIpc) is 2.79. The summed E-state index contributed by atoms with van der Waals surface area (Å²) < 4.78 is 1.69. The monoisotopic (exact) mass is 316 g/mol. The Morgan fingerprint density at radius 2 is 2.00 bits per heavy atom. The minimum absolute atomic E-state index is 0.207. The smallest absolute Gasteiger partial charge is 0.338 e. The fourth-order valence-corrected chi connectivity index (χ4v) is 3.55. The number of carboxylic acids is 2. The predicted molar refractivity (Wildman–Crippen MR) is 85.9 cm³/mol. The van der Waals surface area contributed by atoms with Crippen LogP contribution < -0.4 is 0 Å². The molecule has 3 rings (SSSR count). The lowest BCUT2D eigenvalue weighted by Gasteiger charge is -2.26. The van der Waals surface area contributed by atoms with Gasteiger partial charge in [0.25, 0.3) is 0 Å². The molecule has 1 aromatic carbocycles. The van der Waals surface area contributed by atoms with Crippen LogP contribution in [0, 0.1) is 6.92 Å². The van der Waals surface area contributed by atoms with E-state index in [0.717, 1.165) is 42.7 Å². The molecule has 0 unspecified atom stereocenters. The normalized spacial score (nSPS) is 14.9. The fraction of sp³-hybridized carbons (Fsp3) is 0.412. The number of nitrogens with zero attached hydrogens (tertiary/aromatic N) is 2. The van der Waals surface area contributed by atoms with Gasteiger partial charge in [-0.15, -0.1) is 0 Å². The molecule has 1 aliphatic rings. The van der Waals surface area contributed by atoms with Gasteiger partial charge in [-0.1, -0.05) is 19.1 Å². The topological polar surface area (TPSA) is 82.8 Å². The van der Waals surface area contributed by atoms with Crippen molar-refractivity contribution in [3.05, 3.63) is 34.5 Å². The highest BCUT2D eigenvalue weighted by Gasteiger charge is 2.27. The molecule has 2 aromatic rings. The molecule has 122 valence electrons. The standard InChI is InChI=1S/C17H20N2O4/c1-3-18-7-6-13-12(8-18)11-5-4-10(2)15(17(22)23)16(11)19(13)9-14(20)21/h4-5H,3,6-9H2,1-2H3,(H,20,21)(H,22,23). The first-order valence-electron chi connectivity index (χ1n) is 7.75. The third-order valence-electron chi connectivity index (χ3n) is 4.66. The molecule has 0 spiro atoms. The summed E-state index contributed by atoms with van der Waals surface area (Å²) in [5, 5.41) is 19.7. The maximum absolute atomic E-state index is 11.7. The van der Waals surface area contributed by atoms with Crippen molar-refractivity contribution in [3.63, 3.8) is 0 Å². The van der Waals surface area contributed by atoms with E-state index in [2.05, 4.69) is 11.8 Å². The van der Waals surface area contributed by atoms with Crippen molar-refractivity contribution in [2.24, 2.45) is 0 Å². The first-order chi connectivity index (χ1) is 10.9. The molecule has 1 aliphatic heterocycles. The molecule has 0 atom stereocenters. The van der Waals surface area contributed by atoms with Gasteiger partial charge >= 0.3 is 11.9 Å². The number of aromatic nitrogens is 1. The van der Waals surface area contributed by atoms with Crippen LogP contribution in [0.2, 0.25) is 0 Å². The number of aromatic carboxylic acids is 1. The minimum Gasteiger partial charge on any atom is -0.480 e. The van der Waals surface area contributed by atoms with Crippen LogP contribution in [0.25, 0.3) is 10.9 Å². The Kier molecular flexibility index (Phi) is 3.85. The SMILES string of the molecule is CCN1CCc2c(c3ccc(C)c(C(=O)O)c3n2CC(=O)O)C1. The van der Waals surface area contributed by atoms with Crippen LogP contribution in [0.3, 0.4) is 0 Å². The molecule has 23 heavy (non-hydrogen) atoms. The van der Waals surface area contributed by atoms with Crippen molar-refractivity contribution in [3.8, 4) is 0 Å². The number of rotatable bonds is 4. The Balaban J connectivity index is 2.35. The van der Waals surface area contributed by atoms with Gasteiger partial charge in [0.05, 0.1) is 11.1 Å². The van der Waals surface area contributed by atoms with Gasteiger partial charge in [-0.05, 0) is 24.6 Å². The van der Waals surface area contributed by atoms with Crippen LogP contribution in [0.5, 0.6) is 0 Å². The van der Waals surface area contributed by atoms with Gasteiger partial charge in [0.15, 0.2) is 0 Å². The van der Waals surface area contributed by atoms with Crippen LogP contribution in [-0.2, 0) is 24.3 Å². The zero-order chi connectivity index (χ0) is 16.7. The van der Waals surface area contributed by atoms with Crippen molar-refractivity contribution >= 4 is 22.8 Å². The number of carbonyl (C=O) groups is 2. The molecule has 6 nitrogen and oxygen atoms in total.